The summed E-state index contributed by atoms with van der Waals surface area (Å²) >= 11 is 0. The normalized spacial score (nSPS) is 12.8. The van der Waals surface area contributed by atoms with Crippen molar-refractivity contribution in [3.63, 3.8) is 0 Å². The average Bonchev–Trinajstić information content (AvgIpc) is 3.30. The van der Waals surface area contributed by atoms with E-state index in [1.54, 1.807) is 18.2 Å². The Morgan fingerprint density at radius 3 is 2.69 bits per heavy atom. The Kier molecular flexibility index (Phi) is 6.86. The topological polar surface area (TPSA) is 111 Å². The van der Waals surface area contributed by atoms with Crippen LogP contribution in [0, 0.1) is 13.8 Å². The third-order valence-corrected chi connectivity index (χ3v) is 5.57. The number of nitrogens with one attached hydrogen (secondary N) is 1. The lowest BCUT2D eigenvalue weighted by molar-refractivity contribution is -0.121. The first-order valence-corrected chi connectivity index (χ1v) is 11.3. The highest BCUT2D eigenvalue weighted by molar-refractivity contribution is 6.02. The largest absolute Gasteiger partial charge is 0.485 e. The molecule has 1 N–H and O–H groups in total. The average molecular weight is 478 g/mol. The van der Waals surface area contributed by atoms with Gasteiger partial charge in [0.1, 0.15) is 24.3 Å². The van der Waals surface area contributed by atoms with Gasteiger partial charge in [0, 0.05) is 11.6 Å². The standard InChI is InChI=1S/C26H27N3O6/c1-15(2)27-26(32)20-12-35-24(28-20)11-29-21-10-18(6-8-23(21)34-14-25(29)31)22(30)13-33-19-7-5-16(3)17(4)9-19/h5-10,12,15H,11,13-14H2,1-4H3,(H,27,32). The van der Waals surface area contributed by atoms with Crippen molar-refractivity contribution in [3.05, 3.63) is 70.9 Å². The molecule has 182 valence electrons. The van der Waals surface area contributed by atoms with Gasteiger partial charge in [-0.05, 0) is 69.2 Å². The predicted molar refractivity (Wildman–Crippen MR) is 128 cm³/mol. The minimum absolute atomic E-state index is 0.0130. The third kappa shape index (κ3) is 5.51. The van der Waals surface area contributed by atoms with Crippen molar-refractivity contribution in [1.29, 1.82) is 0 Å². The van der Waals surface area contributed by atoms with Gasteiger partial charge in [-0.1, -0.05) is 6.07 Å². The fourth-order valence-electron chi connectivity index (χ4n) is 3.54. The number of anilines is 1. The summed E-state index contributed by atoms with van der Waals surface area (Å²) in [5.41, 5.74) is 3.14. The van der Waals surface area contributed by atoms with E-state index in [9.17, 15) is 14.4 Å². The van der Waals surface area contributed by atoms with E-state index in [1.165, 1.54) is 11.2 Å². The zero-order valence-corrected chi connectivity index (χ0v) is 20.1. The Balaban J connectivity index is 1.50. The highest BCUT2D eigenvalue weighted by Crippen LogP contribution is 2.34. The van der Waals surface area contributed by atoms with Gasteiger partial charge in [0.25, 0.3) is 11.8 Å². The summed E-state index contributed by atoms with van der Waals surface area (Å²) in [5, 5.41) is 2.74. The van der Waals surface area contributed by atoms with Gasteiger partial charge >= 0.3 is 0 Å². The van der Waals surface area contributed by atoms with Crippen molar-refractivity contribution in [1.82, 2.24) is 10.3 Å². The monoisotopic (exact) mass is 477 g/mol. The van der Waals surface area contributed by atoms with Crippen molar-refractivity contribution in [2.75, 3.05) is 18.1 Å². The van der Waals surface area contributed by atoms with Gasteiger partial charge in [-0.2, -0.15) is 0 Å². The lowest BCUT2D eigenvalue weighted by Gasteiger charge is -2.28. The summed E-state index contributed by atoms with van der Waals surface area (Å²) < 4.78 is 16.6. The van der Waals surface area contributed by atoms with Crippen LogP contribution in [0.4, 0.5) is 5.69 Å². The number of hydrogen-bond acceptors (Lipinski definition) is 7. The Hall–Kier alpha value is -4.14. The number of hydrogen-bond donors (Lipinski definition) is 1. The molecule has 2 heterocycles. The zero-order valence-electron chi connectivity index (χ0n) is 20.1. The van der Waals surface area contributed by atoms with Gasteiger partial charge in [0.05, 0.1) is 5.69 Å². The number of ketones is 1. The van der Waals surface area contributed by atoms with E-state index in [4.69, 9.17) is 13.9 Å². The van der Waals surface area contributed by atoms with Gasteiger partial charge in [-0.25, -0.2) is 4.98 Å². The first-order chi connectivity index (χ1) is 16.7. The van der Waals surface area contributed by atoms with Crippen LogP contribution in [0.25, 0.3) is 0 Å². The van der Waals surface area contributed by atoms with Crippen molar-refractivity contribution in [3.8, 4) is 11.5 Å². The van der Waals surface area contributed by atoms with Crippen LogP contribution >= 0.6 is 0 Å². The molecule has 1 aliphatic rings. The number of rotatable bonds is 8. The molecule has 0 aliphatic carbocycles. The number of carbonyl (C=O) groups is 3. The van der Waals surface area contributed by atoms with Crippen molar-refractivity contribution >= 4 is 23.3 Å². The van der Waals surface area contributed by atoms with Crippen LogP contribution in [0.2, 0.25) is 0 Å². The SMILES string of the molecule is Cc1ccc(OCC(=O)c2ccc3c(c2)N(Cc2nc(C(=O)NC(C)C)co2)C(=O)CO3)cc1C. The second-order valence-electron chi connectivity index (χ2n) is 8.66. The number of oxazole rings is 1. The number of nitrogens with zero attached hydrogens (tertiary/aromatic N) is 2. The number of aromatic nitrogens is 1. The maximum atomic E-state index is 12.8. The summed E-state index contributed by atoms with van der Waals surface area (Å²) in [4.78, 5) is 43.2. The lowest BCUT2D eigenvalue weighted by atomic mass is 10.1. The summed E-state index contributed by atoms with van der Waals surface area (Å²) in [6, 6.07) is 10.5. The minimum atomic E-state index is -0.361. The van der Waals surface area contributed by atoms with Crippen LogP contribution < -0.4 is 19.7 Å². The van der Waals surface area contributed by atoms with Gasteiger partial charge in [0.2, 0.25) is 5.89 Å². The van der Waals surface area contributed by atoms with Crippen LogP contribution in [-0.4, -0.2) is 41.8 Å². The van der Waals surface area contributed by atoms with E-state index in [0.717, 1.165) is 11.1 Å². The smallest absolute Gasteiger partial charge is 0.273 e. The van der Waals surface area contributed by atoms with E-state index in [0.29, 0.717) is 22.7 Å². The molecule has 9 heteroatoms. The molecule has 1 aliphatic heterocycles. The second-order valence-corrected chi connectivity index (χ2v) is 8.66. The van der Waals surface area contributed by atoms with Crippen molar-refractivity contribution in [2.24, 2.45) is 0 Å². The number of carbonyl (C=O) groups excluding carboxylic acids is 3. The molecule has 3 aromatic rings. The van der Waals surface area contributed by atoms with Crippen molar-refractivity contribution < 1.29 is 28.3 Å². The van der Waals surface area contributed by atoms with Gasteiger partial charge in [-0.15, -0.1) is 0 Å². The van der Waals surface area contributed by atoms with Crippen LogP contribution in [0.3, 0.4) is 0 Å². The van der Waals surface area contributed by atoms with Crippen LogP contribution in [0.5, 0.6) is 11.5 Å². The molecule has 0 bridgehead atoms. The molecule has 0 atom stereocenters. The van der Waals surface area contributed by atoms with Gasteiger partial charge in [0.15, 0.2) is 24.7 Å². The lowest BCUT2D eigenvalue weighted by Crippen LogP contribution is -2.38. The van der Waals surface area contributed by atoms with E-state index in [-0.39, 0.29) is 55.0 Å². The third-order valence-electron chi connectivity index (χ3n) is 5.57. The van der Waals surface area contributed by atoms with Crippen molar-refractivity contribution in [2.45, 2.75) is 40.3 Å². The molecule has 0 fully saturated rings. The van der Waals surface area contributed by atoms with Crippen LogP contribution in [0.1, 0.15) is 51.7 Å². The number of ether oxygens (including phenoxy) is 2. The Labute approximate surface area is 203 Å². The number of aryl methyl sites for hydroxylation is 2. The van der Waals surface area contributed by atoms with Gasteiger partial charge < -0.3 is 19.2 Å². The molecule has 9 nitrogen and oxygen atoms in total. The Morgan fingerprint density at radius 2 is 1.94 bits per heavy atom. The molecular formula is C26H27N3O6. The minimum Gasteiger partial charge on any atom is -0.485 e. The molecule has 1 aromatic heterocycles. The number of amides is 2. The molecule has 2 aromatic carbocycles. The first-order valence-electron chi connectivity index (χ1n) is 11.3. The van der Waals surface area contributed by atoms with Crippen LogP contribution in [0.15, 0.2) is 47.1 Å². The summed E-state index contributed by atoms with van der Waals surface area (Å²) in [6.07, 6.45) is 1.25. The molecule has 0 saturated heterocycles. The van der Waals surface area contributed by atoms with E-state index >= 15 is 0 Å². The van der Waals surface area contributed by atoms with E-state index < -0.39 is 0 Å². The highest BCUT2D eigenvalue weighted by atomic mass is 16.5. The molecule has 0 unspecified atom stereocenters. The number of Topliss-reactive ketones (excluding diaryl/α,β-unsaturated/α-hetero) is 1. The molecule has 4 rings (SSSR count). The molecule has 0 spiro atoms. The fraction of sp³-hybridized carbons (Fsp3) is 0.308. The maximum Gasteiger partial charge on any atom is 0.273 e. The predicted octanol–water partition coefficient (Wildman–Crippen LogP) is 3.62. The molecular weight excluding hydrogens is 450 g/mol. The van der Waals surface area contributed by atoms with Gasteiger partial charge in [-0.3, -0.25) is 19.3 Å². The summed E-state index contributed by atoms with van der Waals surface area (Å²) in [6.45, 7) is 7.35. The van der Waals surface area contributed by atoms with Crippen LogP contribution in [-0.2, 0) is 11.3 Å². The molecule has 2 amide bonds. The Morgan fingerprint density at radius 1 is 1.14 bits per heavy atom. The molecule has 0 radical (unpaired) electrons. The molecule has 0 saturated carbocycles. The van der Waals surface area contributed by atoms with E-state index in [2.05, 4.69) is 10.3 Å². The fourth-order valence-corrected chi connectivity index (χ4v) is 3.54. The number of benzene rings is 2. The second kappa shape index (κ2) is 10.0. The molecule has 35 heavy (non-hydrogen) atoms. The quantitative estimate of drug-likeness (QED) is 0.493. The first kappa shape index (κ1) is 24.0. The van der Waals surface area contributed by atoms with E-state index in [1.807, 2.05) is 45.9 Å². The maximum absolute atomic E-state index is 12.8. The Bertz CT molecular complexity index is 1280. The highest BCUT2D eigenvalue weighted by Gasteiger charge is 2.28. The summed E-state index contributed by atoms with van der Waals surface area (Å²) in [5.74, 6) is 0.337. The number of fused-ring (bicyclic) bond motifs is 1. The summed E-state index contributed by atoms with van der Waals surface area (Å²) in [7, 11) is 0. The zero-order chi connectivity index (χ0) is 25.1.